The summed E-state index contributed by atoms with van der Waals surface area (Å²) < 4.78 is 31.4. The highest BCUT2D eigenvalue weighted by Crippen LogP contribution is 2.68. The van der Waals surface area contributed by atoms with E-state index in [1.54, 1.807) is 0 Å². The highest BCUT2D eigenvalue weighted by Gasteiger charge is 2.42. The Morgan fingerprint density at radius 2 is 0.968 bits per heavy atom. The first-order valence-corrected chi connectivity index (χ1v) is 14.2. The Kier molecular flexibility index (Phi) is 8.76. The van der Waals surface area contributed by atoms with E-state index in [9.17, 15) is 8.42 Å². The monoisotopic (exact) mass is 457 g/mol. The zero-order chi connectivity index (χ0) is 22.0. The predicted octanol–water partition coefficient (Wildman–Crippen LogP) is 7.67. The molecule has 3 aromatic rings. The molecule has 3 rings (SSSR count). The van der Waals surface area contributed by atoms with Crippen LogP contribution in [0.3, 0.4) is 0 Å². The molecule has 0 unspecified atom stereocenters. The minimum atomic E-state index is -3.61. The van der Waals surface area contributed by atoms with Crippen LogP contribution in [0, 0.1) is 0 Å². The Labute approximate surface area is 189 Å². The van der Waals surface area contributed by atoms with Gasteiger partial charge in [0.25, 0.3) is 0 Å². The second-order valence-electron chi connectivity index (χ2n) is 7.65. The smallest absolute Gasteiger partial charge is 0.262 e. The van der Waals surface area contributed by atoms with Crippen molar-refractivity contribution in [2.75, 3.05) is 5.75 Å². The molecule has 31 heavy (non-hydrogen) atoms. The molecule has 0 heterocycles. The third-order valence-electron chi connectivity index (χ3n) is 5.23. The van der Waals surface area contributed by atoms with E-state index in [4.69, 9.17) is 3.63 Å². The molecule has 1 N–H and O–H groups in total. The molecule has 5 heteroatoms. The van der Waals surface area contributed by atoms with Crippen LogP contribution in [-0.4, -0.2) is 17.8 Å². The summed E-state index contributed by atoms with van der Waals surface area (Å²) in [6.07, 6.45) is 6.23. The van der Waals surface area contributed by atoms with Crippen molar-refractivity contribution in [1.82, 2.24) is 0 Å². The molecule has 0 atom stereocenters. The maximum atomic E-state index is 13.3. The van der Waals surface area contributed by atoms with Crippen molar-refractivity contribution < 1.29 is 12.0 Å². The van der Waals surface area contributed by atoms with Crippen molar-refractivity contribution in [3.8, 4) is 0 Å². The first-order chi connectivity index (χ1) is 15.1. The Morgan fingerprint density at radius 3 is 1.39 bits per heavy atom. The van der Waals surface area contributed by atoms with E-state index in [1.807, 2.05) is 91.0 Å². The van der Waals surface area contributed by atoms with E-state index < -0.39 is 20.4 Å². The molecule has 0 amide bonds. The van der Waals surface area contributed by atoms with Gasteiger partial charge in [0.2, 0.25) is 0 Å². The first kappa shape index (κ1) is 23.6. The summed E-state index contributed by atoms with van der Waals surface area (Å²) in [7, 11) is -5.92. The van der Waals surface area contributed by atoms with Crippen molar-refractivity contribution in [2.24, 2.45) is 0 Å². The average Bonchev–Trinajstić information content (AvgIpc) is 2.81. The zero-order valence-corrected chi connectivity index (χ0v) is 19.8. The fourth-order valence-corrected chi connectivity index (χ4v) is 9.39. The minimum absolute atomic E-state index is 0.0976. The van der Waals surface area contributed by atoms with Crippen molar-refractivity contribution in [3.63, 3.8) is 0 Å². The SMILES string of the molecule is CCCCCCCCS(=O)(=O)[OH+]S(c1ccccc1)(c1ccccc1)c1ccccc1. The lowest BCUT2D eigenvalue weighted by Crippen LogP contribution is -2.20. The summed E-state index contributed by atoms with van der Waals surface area (Å²) in [4.78, 5) is 2.79. The molecular weight excluding hydrogens is 424 g/mol. The van der Waals surface area contributed by atoms with Crippen molar-refractivity contribution in [3.05, 3.63) is 91.0 Å². The normalized spacial score (nSPS) is 12.5. The molecule has 0 aliphatic rings. The number of hydrogen-bond acceptors (Lipinski definition) is 2. The Balaban J connectivity index is 1.98. The summed E-state index contributed by atoms with van der Waals surface area (Å²) in [6, 6.07) is 29.6. The first-order valence-electron chi connectivity index (χ1n) is 11.0. The Bertz CT molecular complexity index is 908. The van der Waals surface area contributed by atoms with E-state index >= 15 is 0 Å². The highest BCUT2D eigenvalue weighted by molar-refractivity contribution is 8.32. The maximum absolute atomic E-state index is 13.3. The van der Waals surface area contributed by atoms with Crippen LogP contribution in [0.15, 0.2) is 106 Å². The molecule has 0 saturated carbocycles. The molecular formula is C26H33O3S2+. The summed E-state index contributed by atoms with van der Waals surface area (Å²) in [5.74, 6) is 0.0976. The lowest BCUT2D eigenvalue weighted by Gasteiger charge is -2.34. The number of benzene rings is 3. The molecule has 0 saturated heterocycles. The van der Waals surface area contributed by atoms with E-state index in [0.29, 0.717) is 6.42 Å². The maximum Gasteiger partial charge on any atom is 0.390 e. The molecule has 0 aromatic heterocycles. The summed E-state index contributed by atoms with van der Waals surface area (Å²) in [5, 5.41) is 0. The van der Waals surface area contributed by atoms with E-state index in [1.165, 1.54) is 19.3 Å². The van der Waals surface area contributed by atoms with Crippen LogP contribution in [0.5, 0.6) is 0 Å². The largest absolute Gasteiger partial charge is 0.390 e. The highest BCUT2D eigenvalue weighted by atomic mass is 32.3. The van der Waals surface area contributed by atoms with Crippen LogP contribution in [0.4, 0.5) is 0 Å². The molecule has 0 spiro atoms. The van der Waals surface area contributed by atoms with Crippen molar-refractivity contribution in [2.45, 2.75) is 60.1 Å². The molecule has 3 aromatic carbocycles. The lowest BCUT2D eigenvalue weighted by molar-refractivity contribution is 0.385. The van der Waals surface area contributed by atoms with Gasteiger partial charge >= 0.3 is 10.1 Å². The Morgan fingerprint density at radius 1 is 0.581 bits per heavy atom. The molecule has 0 radical (unpaired) electrons. The van der Waals surface area contributed by atoms with Gasteiger partial charge < -0.3 is 0 Å². The molecule has 0 aliphatic carbocycles. The van der Waals surface area contributed by atoms with Gasteiger partial charge in [-0.1, -0.05) is 93.6 Å². The summed E-state index contributed by atoms with van der Waals surface area (Å²) in [5.41, 5.74) is 0. The number of rotatable bonds is 12. The minimum Gasteiger partial charge on any atom is -0.262 e. The van der Waals surface area contributed by atoms with Crippen LogP contribution in [-0.2, 0) is 10.1 Å². The van der Waals surface area contributed by atoms with Crippen LogP contribution >= 0.6 is 10.3 Å². The summed E-state index contributed by atoms with van der Waals surface area (Å²) >= 11 is 0. The number of hydrogen-bond donors (Lipinski definition) is 0. The molecule has 0 fully saturated rings. The molecule has 0 aliphatic heterocycles. The fraction of sp³-hybridized carbons (Fsp3) is 0.308. The van der Waals surface area contributed by atoms with Gasteiger partial charge in [0.05, 0.1) is 25.0 Å². The van der Waals surface area contributed by atoms with Crippen molar-refractivity contribution >= 4 is 20.4 Å². The topological polar surface area (TPSA) is 46.9 Å². The fourth-order valence-electron chi connectivity index (χ4n) is 3.66. The van der Waals surface area contributed by atoms with Crippen LogP contribution < -0.4 is 0 Å². The van der Waals surface area contributed by atoms with E-state index in [2.05, 4.69) is 6.92 Å². The van der Waals surface area contributed by atoms with Gasteiger partial charge in [0.15, 0.2) is 0 Å². The van der Waals surface area contributed by atoms with Gasteiger partial charge in [-0.25, -0.2) is 0 Å². The van der Waals surface area contributed by atoms with Gasteiger partial charge in [0, 0.05) is 0 Å². The van der Waals surface area contributed by atoms with Gasteiger partial charge in [-0.05, 0) is 42.8 Å². The van der Waals surface area contributed by atoms with Crippen LogP contribution in [0.2, 0.25) is 0 Å². The molecule has 3 nitrogen and oxygen atoms in total. The quantitative estimate of drug-likeness (QED) is 0.159. The lowest BCUT2D eigenvalue weighted by atomic mass is 10.1. The van der Waals surface area contributed by atoms with E-state index in [0.717, 1.165) is 27.5 Å². The van der Waals surface area contributed by atoms with Gasteiger partial charge in [-0.15, -0.1) is 0 Å². The third-order valence-corrected chi connectivity index (χ3v) is 10.7. The second kappa shape index (κ2) is 11.5. The average molecular weight is 458 g/mol. The van der Waals surface area contributed by atoms with Crippen molar-refractivity contribution in [1.29, 1.82) is 0 Å². The number of unbranched alkanes of at least 4 members (excludes halogenated alkanes) is 5. The predicted molar refractivity (Wildman–Crippen MR) is 132 cm³/mol. The van der Waals surface area contributed by atoms with E-state index in [-0.39, 0.29) is 5.75 Å². The Hall–Kier alpha value is -2.08. The van der Waals surface area contributed by atoms with Gasteiger partial charge in [0.1, 0.15) is 5.75 Å². The third kappa shape index (κ3) is 6.22. The molecule has 166 valence electrons. The van der Waals surface area contributed by atoms with Crippen LogP contribution in [0.1, 0.15) is 45.4 Å². The van der Waals surface area contributed by atoms with Gasteiger partial charge in [-0.3, -0.25) is 3.63 Å². The molecule has 0 bridgehead atoms. The van der Waals surface area contributed by atoms with Gasteiger partial charge in [-0.2, -0.15) is 8.42 Å². The summed E-state index contributed by atoms with van der Waals surface area (Å²) in [6.45, 7) is 2.18. The second-order valence-corrected chi connectivity index (χ2v) is 12.4. The zero-order valence-electron chi connectivity index (χ0n) is 18.2. The standard InChI is InChI=1S/C26H32O3S2/c1-2-3-4-5-6-16-23-30(27,28)29-31(24-17-10-7-11-18-24,25-19-12-8-13-20-25)26-21-14-9-15-22-26/h7-15,17-22H,2-6,16,23H2,1H3/p+1. The van der Waals surface area contributed by atoms with Crippen LogP contribution in [0.25, 0.3) is 0 Å².